The molecule has 0 aliphatic heterocycles. The van der Waals surface area contributed by atoms with Crippen LogP contribution >= 0.6 is 0 Å². The van der Waals surface area contributed by atoms with Gasteiger partial charge in [0.05, 0.1) is 5.56 Å². The second-order valence-corrected chi connectivity index (χ2v) is 8.04. The fourth-order valence-corrected chi connectivity index (χ4v) is 4.14. The Balaban J connectivity index is 2.06. The topological polar surface area (TPSA) is 68.2 Å². The molecule has 4 nitrogen and oxygen atoms in total. The number of primary amides is 1. The average molecular weight is 405 g/mol. The number of aromatic nitrogens is 1. The molecule has 0 bridgehead atoms. The molecule has 1 aromatic heterocycles. The minimum atomic E-state index is -0.372. The molecule has 3 aromatic rings. The molecule has 158 valence electrons. The predicted octanol–water partition coefficient (Wildman–Crippen LogP) is 5.55. The highest BCUT2D eigenvalue weighted by atomic mass is 16.3. The molecule has 30 heavy (non-hydrogen) atoms. The standard InChI is InChI=1S/C26H32N2O2/c1-4-5-6-7-23-25(21-12-8-18(2)9-13-21)24(26(27)30)19(3)28(23)17-16-20-10-14-22(29)15-11-20/h8-15,29H,4-7,16-17H2,1-3H3,(H2,27,30). The van der Waals surface area contributed by atoms with Crippen LogP contribution in [0.2, 0.25) is 0 Å². The van der Waals surface area contributed by atoms with Gasteiger partial charge in [0.1, 0.15) is 5.75 Å². The maximum atomic E-state index is 12.5. The number of unbranched alkanes of at least 4 members (excludes halogenated alkanes) is 2. The van der Waals surface area contributed by atoms with Gasteiger partial charge < -0.3 is 15.4 Å². The first kappa shape index (κ1) is 21.7. The molecule has 3 N–H and O–H groups in total. The van der Waals surface area contributed by atoms with E-state index in [9.17, 15) is 9.90 Å². The second-order valence-electron chi connectivity index (χ2n) is 8.04. The van der Waals surface area contributed by atoms with Crippen molar-refractivity contribution in [3.8, 4) is 16.9 Å². The number of rotatable bonds is 9. The summed E-state index contributed by atoms with van der Waals surface area (Å²) in [4.78, 5) is 12.5. The largest absolute Gasteiger partial charge is 0.508 e. The highest BCUT2D eigenvalue weighted by Gasteiger charge is 2.24. The molecule has 0 saturated carbocycles. The molecule has 0 aliphatic rings. The number of amides is 1. The van der Waals surface area contributed by atoms with Gasteiger partial charge in [0.2, 0.25) is 0 Å². The summed E-state index contributed by atoms with van der Waals surface area (Å²) < 4.78 is 2.28. The monoisotopic (exact) mass is 404 g/mol. The van der Waals surface area contributed by atoms with Crippen molar-refractivity contribution in [2.24, 2.45) is 5.73 Å². The summed E-state index contributed by atoms with van der Waals surface area (Å²) in [6.45, 7) is 7.03. The quantitative estimate of drug-likeness (QED) is 0.459. The van der Waals surface area contributed by atoms with E-state index in [0.29, 0.717) is 5.56 Å². The van der Waals surface area contributed by atoms with Crippen molar-refractivity contribution in [2.75, 3.05) is 0 Å². The van der Waals surface area contributed by atoms with Gasteiger partial charge in [-0.05, 0) is 56.4 Å². The van der Waals surface area contributed by atoms with Crippen LogP contribution in [0.5, 0.6) is 5.75 Å². The summed E-state index contributed by atoms with van der Waals surface area (Å²) in [5.74, 6) is -0.1000. The van der Waals surface area contributed by atoms with Crippen LogP contribution in [0.25, 0.3) is 11.1 Å². The fourth-order valence-electron chi connectivity index (χ4n) is 4.14. The molecular formula is C26H32N2O2. The fraction of sp³-hybridized carbons (Fsp3) is 0.346. The van der Waals surface area contributed by atoms with Gasteiger partial charge in [0, 0.05) is 23.5 Å². The highest BCUT2D eigenvalue weighted by Crippen LogP contribution is 2.34. The van der Waals surface area contributed by atoms with Crippen molar-refractivity contribution in [3.63, 3.8) is 0 Å². The molecule has 0 radical (unpaired) electrons. The predicted molar refractivity (Wildman–Crippen MR) is 123 cm³/mol. The Morgan fingerprint density at radius 1 is 0.967 bits per heavy atom. The van der Waals surface area contributed by atoms with Crippen molar-refractivity contribution < 1.29 is 9.90 Å². The summed E-state index contributed by atoms with van der Waals surface area (Å²) in [5.41, 5.74) is 13.0. The first-order chi connectivity index (χ1) is 14.4. The SMILES string of the molecule is CCCCCc1c(-c2ccc(C)cc2)c(C(N)=O)c(C)n1CCc1ccc(O)cc1. The Bertz CT molecular complexity index is 999. The molecule has 0 aliphatic carbocycles. The molecule has 1 heterocycles. The van der Waals surface area contributed by atoms with Crippen LogP contribution in [0.3, 0.4) is 0 Å². The van der Waals surface area contributed by atoms with Crippen LogP contribution in [0, 0.1) is 13.8 Å². The average Bonchev–Trinajstić information content (AvgIpc) is 3.00. The van der Waals surface area contributed by atoms with Crippen molar-refractivity contribution in [2.45, 2.75) is 59.4 Å². The number of nitrogens with zero attached hydrogens (tertiary/aromatic N) is 1. The molecule has 0 atom stereocenters. The van der Waals surface area contributed by atoms with E-state index in [-0.39, 0.29) is 11.7 Å². The van der Waals surface area contributed by atoms with Gasteiger partial charge >= 0.3 is 0 Å². The maximum Gasteiger partial charge on any atom is 0.251 e. The Hall–Kier alpha value is -3.01. The van der Waals surface area contributed by atoms with Crippen LogP contribution in [0.1, 0.15) is 59.1 Å². The van der Waals surface area contributed by atoms with Crippen molar-refractivity contribution in [1.29, 1.82) is 0 Å². The zero-order chi connectivity index (χ0) is 21.7. The van der Waals surface area contributed by atoms with Crippen molar-refractivity contribution in [1.82, 2.24) is 4.57 Å². The molecular weight excluding hydrogens is 372 g/mol. The van der Waals surface area contributed by atoms with Gasteiger partial charge in [-0.2, -0.15) is 0 Å². The summed E-state index contributed by atoms with van der Waals surface area (Å²) in [6.07, 6.45) is 5.12. The molecule has 2 aromatic carbocycles. The second kappa shape index (κ2) is 9.66. The zero-order valence-corrected chi connectivity index (χ0v) is 18.2. The first-order valence-corrected chi connectivity index (χ1v) is 10.8. The lowest BCUT2D eigenvalue weighted by Crippen LogP contribution is -2.14. The van der Waals surface area contributed by atoms with Crippen LogP contribution < -0.4 is 5.73 Å². The minimum Gasteiger partial charge on any atom is -0.508 e. The van der Waals surface area contributed by atoms with Crippen molar-refractivity contribution in [3.05, 3.63) is 76.6 Å². The van der Waals surface area contributed by atoms with E-state index in [1.807, 2.05) is 19.1 Å². The Morgan fingerprint density at radius 3 is 2.23 bits per heavy atom. The van der Waals surface area contributed by atoms with Gasteiger partial charge in [-0.15, -0.1) is 0 Å². The van der Waals surface area contributed by atoms with E-state index < -0.39 is 0 Å². The highest BCUT2D eigenvalue weighted by molar-refractivity contribution is 6.02. The third-order valence-corrected chi connectivity index (χ3v) is 5.80. The third kappa shape index (κ3) is 4.76. The molecule has 3 rings (SSSR count). The summed E-state index contributed by atoms with van der Waals surface area (Å²) in [6, 6.07) is 15.7. The lowest BCUT2D eigenvalue weighted by molar-refractivity contribution is 0.1000. The first-order valence-electron chi connectivity index (χ1n) is 10.8. The number of aryl methyl sites for hydroxylation is 2. The minimum absolute atomic E-state index is 0.272. The Morgan fingerprint density at radius 2 is 1.63 bits per heavy atom. The summed E-state index contributed by atoms with van der Waals surface area (Å²) >= 11 is 0. The number of hydrogen-bond acceptors (Lipinski definition) is 2. The number of benzene rings is 2. The number of hydrogen-bond donors (Lipinski definition) is 2. The van der Waals surface area contributed by atoms with E-state index in [4.69, 9.17) is 5.73 Å². The number of phenolic OH excluding ortho intramolecular Hbond substituents is 1. The van der Waals surface area contributed by atoms with E-state index in [1.165, 1.54) is 11.3 Å². The lowest BCUT2D eigenvalue weighted by Gasteiger charge is -2.14. The van der Waals surface area contributed by atoms with Crippen molar-refractivity contribution >= 4 is 5.91 Å². The van der Waals surface area contributed by atoms with Crippen LogP contribution in [-0.4, -0.2) is 15.6 Å². The molecule has 0 spiro atoms. The molecule has 1 amide bonds. The van der Waals surface area contributed by atoms with Crippen LogP contribution in [-0.2, 0) is 19.4 Å². The van der Waals surface area contributed by atoms with Gasteiger partial charge in [-0.1, -0.05) is 61.7 Å². The number of aromatic hydroxyl groups is 1. The third-order valence-electron chi connectivity index (χ3n) is 5.80. The number of carbonyl (C=O) groups excluding carboxylic acids is 1. The number of carbonyl (C=O) groups is 1. The summed E-state index contributed by atoms with van der Waals surface area (Å²) in [5, 5.41) is 9.54. The molecule has 0 fully saturated rings. The molecule has 4 heteroatoms. The molecule has 0 saturated heterocycles. The van der Waals surface area contributed by atoms with E-state index in [0.717, 1.165) is 61.0 Å². The summed E-state index contributed by atoms with van der Waals surface area (Å²) in [7, 11) is 0. The maximum absolute atomic E-state index is 12.5. The molecule has 0 unspecified atom stereocenters. The van der Waals surface area contributed by atoms with Gasteiger partial charge in [0.25, 0.3) is 5.91 Å². The zero-order valence-electron chi connectivity index (χ0n) is 18.2. The van der Waals surface area contributed by atoms with Gasteiger partial charge in [-0.25, -0.2) is 0 Å². The Kier molecular flexibility index (Phi) is 6.99. The van der Waals surface area contributed by atoms with Gasteiger partial charge in [-0.3, -0.25) is 4.79 Å². The number of nitrogens with two attached hydrogens (primary N) is 1. The van der Waals surface area contributed by atoms with Crippen LogP contribution in [0.15, 0.2) is 48.5 Å². The van der Waals surface area contributed by atoms with E-state index >= 15 is 0 Å². The normalized spacial score (nSPS) is 11.0. The lowest BCUT2D eigenvalue weighted by atomic mass is 9.96. The Labute approximate surface area is 179 Å². The van der Waals surface area contributed by atoms with Gasteiger partial charge in [0.15, 0.2) is 0 Å². The number of phenols is 1. The smallest absolute Gasteiger partial charge is 0.251 e. The van der Waals surface area contributed by atoms with E-state index in [1.54, 1.807) is 12.1 Å². The van der Waals surface area contributed by atoms with E-state index in [2.05, 4.69) is 42.7 Å². The van der Waals surface area contributed by atoms with Crippen LogP contribution in [0.4, 0.5) is 0 Å².